The molecule has 5 heteroatoms. The third-order valence-electron chi connectivity index (χ3n) is 2.55. The molecule has 1 saturated heterocycles. The smallest absolute Gasteiger partial charge is 0.283 e. The van der Waals surface area contributed by atoms with Crippen LogP contribution in [0.4, 0.5) is 4.20 Å². The Bertz CT molecular complexity index is 237. The molecule has 0 N–H and O–H groups in total. The molecule has 1 aliphatic heterocycles. The van der Waals surface area contributed by atoms with Gasteiger partial charge in [0.1, 0.15) is 0 Å². The third-order valence-corrected chi connectivity index (χ3v) is 3.66. The summed E-state index contributed by atoms with van der Waals surface area (Å²) in [7, 11) is -4.29. The number of hydrogen-bond donors (Lipinski definition) is 0. The summed E-state index contributed by atoms with van der Waals surface area (Å²) in [5, 5.41) is 0. The number of rotatable bonds is 0. The van der Waals surface area contributed by atoms with Gasteiger partial charge < -0.3 is 0 Å². The van der Waals surface area contributed by atoms with Crippen LogP contribution in [-0.4, -0.2) is 12.2 Å². The molecule has 0 aromatic heterocycles. The summed E-state index contributed by atoms with van der Waals surface area (Å²) < 4.78 is 32.9. The summed E-state index contributed by atoms with van der Waals surface area (Å²) >= 11 is 0. The Labute approximate surface area is 71.9 Å². The van der Waals surface area contributed by atoms with Crippen LogP contribution in [0.5, 0.6) is 0 Å². The molecular weight excluding hydrogens is 182 g/mol. The van der Waals surface area contributed by atoms with Crippen molar-refractivity contribution in [3.05, 3.63) is 0 Å². The van der Waals surface area contributed by atoms with Crippen LogP contribution < -0.4 is 0 Å². The first-order valence-electron chi connectivity index (χ1n) is 3.81. The summed E-state index contributed by atoms with van der Waals surface area (Å²) in [4.78, 5) is 0. The van der Waals surface area contributed by atoms with E-state index in [1.807, 2.05) is 13.8 Å². The van der Waals surface area contributed by atoms with Crippen LogP contribution in [0.1, 0.15) is 27.7 Å². The first-order valence-corrected chi connectivity index (χ1v) is 5.25. The Balaban J connectivity index is 2.89. The maximum absolute atomic E-state index is 12.8. The van der Waals surface area contributed by atoms with Gasteiger partial charge in [-0.2, -0.15) is 0 Å². The van der Waals surface area contributed by atoms with Crippen LogP contribution in [0.3, 0.4) is 0 Å². The molecule has 0 aliphatic carbocycles. The minimum atomic E-state index is -4.29. The Morgan fingerprint density at radius 2 is 1.83 bits per heavy atom. The zero-order valence-corrected chi connectivity index (χ0v) is 8.65. The highest BCUT2D eigenvalue weighted by atomic mass is 31.2. The molecular formula is C7H14FO3P. The van der Waals surface area contributed by atoms with E-state index in [0.717, 1.165) is 0 Å². The lowest BCUT2D eigenvalue weighted by Gasteiger charge is -2.44. The average molecular weight is 196 g/mol. The molecule has 0 bridgehead atoms. The minimum absolute atomic E-state index is 0.119. The predicted octanol–water partition coefficient (Wildman–Crippen LogP) is 2.92. The van der Waals surface area contributed by atoms with E-state index >= 15 is 0 Å². The van der Waals surface area contributed by atoms with E-state index < -0.39 is 13.5 Å². The van der Waals surface area contributed by atoms with Gasteiger partial charge in [0.15, 0.2) is 0 Å². The van der Waals surface area contributed by atoms with Crippen LogP contribution in [0, 0.1) is 5.41 Å². The average Bonchev–Trinajstić information content (AvgIpc) is 1.79. The molecule has 1 rings (SSSR count). The molecule has 0 radical (unpaired) electrons. The van der Waals surface area contributed by atoms with Crippen molar-refractivity contribution >= 4 is 7.91 Å². The number of hydrogen-bond acceptors (Lipinski definition) is 3. The van der Waals surface area contributed by atoms with E-state index in [4.69, 9.17) is 4.52 Å². The quantitative estimate of drug-likeness (QED) is 0.559. The molecule has 1 atom stereocenters. The molecule has 0 amide bonds. The second-order valence-corrected chi connectivity index (χ2v) is 5.49. The molecule has 12 heavy (non-hydrogen) atoms. The van der Waals surface area contributed by atoms with Crippen LogP contribution in [0.2, 0.25) is 0 Å². The van der Waals surface area contributed by atoms with E-state index in [9.17, 15) is 8.76 Å². The van der Waals surface area contributed by atoms with Gasteiger partial charge in [0.25, 0.3) is 0 Å². The van der Waals surface area contributed by atoms with Crippen LogP contribution in [-0.2, 0) is 13.6 Å². The Kier molecular flexibility index (Phi) is 2.15. The van der Waals surface area contributed by atoms with E-state index in [0.29, 0.717) is 0 Å². The van der Waals surface area contributed by atoms with Crippen molar-refractivity contribution in [2.24, 2.45) is 5.41 Å². The highest BCUT2D eigenvalue weighted by Gasteiger charge is 2.50. The van der Waals surface area contributed by atoms with Gasteiger partial charge in [-0.1, -0.05) is 13.8 Å². The first-order chi connectivity index (χ1) is 5.16. The summed E-state index contributed by atoms with van der Waals surface area (Å²) in [6, 6.07) is 0. The van der Waals surface area contributed by atoms with Crippen LogP contribution in [0.15, 0.2) is 0 Å². The lowest BCUT2D eigenvalue weighted by atomic mass is 9.78. The fourth-order valence-corrected chi connectivity index (χ4v) is 2.16. The molecule has 0 aromatic carbocycles. The molecule has 1 aliphatic rings. The molecule has 72 valence electrons. The van der Waals surface area contributed by atoms with E-state index in [2.05, 4.69) is 4.52 Å². The van der Waals surface area contributed by atoms with Gasteiger partial charge in [-0.25, -0.2) is 4.57 Å². The lowest BCUT2D eigenvalue weighted by Crippen LogP contribution is -2.46. The molecule has 0 aromatic rings. The molecule has 1 fully saturated rings. The Morgan fingerprint density at radius 1 is 1.33 bits per heavy atom. The monoisotopic (exact) mass is 196 g/mol. The standard InChI is InChI=1S/C7H14FO3P/c1-6(2)5-10-12(8,9)11-7(6,3)4/h5H2,1-4H3. The van der Waals surface area contributed by atoms with E-state index in [1.54, 1.807) is 13.8 Å². The maximum Gasteiger partial charge on any atom is 0.513 e. The molecule has 0 saturated carbocycles. The fourth-order valence-electron chi connectivity index (χ4n) is 0.835. The highest BCUT2D eigenvalue weighted by Crippen LogP contribution is 2.60. The van der Waals surface area contributed by atoms with E-state index in [1.165, 1.54) is 0 Å². The Morgan fingerprint density at radius 3 is 2.17 bits per heavy atom. The molecule has 3 nitrogen and oxygen atoms in total. The zero-order chi connectivity index (χ0) is 9.62. The van der Waals surface area contributed by atoms with Gasteiger partial charge >= 0.3 is 7.91 Å². The van der Waals surface area contributed by atoms with Crippen molar-refractivity contribution in [3.63, 3.8) is 0 Å². The van der Waals surface area contributed by atoms with Crippen LogP contribution in [0.25, 0.3) is 0 Å². The lowest BCUT2D eigenvalue weighted by molar-refractivity contribution is -0.0943. The Hall–Kier alpha value is 0.0800. The van der Waals surface area contributed by atoms with Crippen molar-refractivity contribution in [1.82, 2.24) is 0 Å². The minimum Gasteiger partial charge on any atom is -0.283 e. The molecule has 1 heterocycles. The van der Waals surface area contributed by atoms with Crippen LogP contribution >= 0.6 is 7.91 Å². The van der Waals surface area contributed by atoms with E-state index in [-0.39, 0.29) is 12.0 Å². The second-order valence-electron chi connectivity index (χ2n) is 4.19. The topological polar surface area (TPSA) is 35.5 Å². The third kappa shape index (κ3) is 1.70. The zero-order valence-electron chi connectivity index (χ0n) is 7.76. The maximum atomic E-state index is 12.8. The van der Waals surface area contributed by atoms with Crippen molar-refractivity contribution in [2.75, 3.05) is 6.61 Å². The highest BCUT2D eigenvalue weighted by molar-refractivity contribution is 7.48. The first kappa shape index (κ1) is 10.2. The van der Waals surface area contributed by atoms with Crippen molar-refractivity contribution < 1.29 is 17.8 Å². The fraction of sp³-hybridized carbons (Fsp3) is 1.00. The van der Waals surface area contributed by atoms with Gasteiger partial charge in [0, 0.05) is 5.41 Å². The van der Waals surface area contributed by atoms with Crippen molar-refractivity contribution in [1.29, 1.82) is 0 Å². The normalized spacial score (nSPS) is 39.4. The summed E-state index contributed by atoms with van der Waals surface area (Å²) in [5.41, 5.74) is -1.08. The summed E-state index contributed by atoms with van der Waals surface area (Å²) in [6.07, 6.45) is 0. The van der Waals surface area contributed by atoms with Gasteiger partial charge in [-0.3, -0.25) is 9.05 Å². The second kappa shape index (κ2) is 2.53. The number of halogens is 1. The predicted molar refractivity (Wildman–Crippen MR) is 43.6 cm³/mol. The van der Waals surface area contributed by atoms with Crippen molar-refractivity contribution in [3.8, 4) is 0 Å². The van der Waals surface area contributed by atoms with Crippen molar-refractivity contribution in [2.45, 2.75) is 33.3 Å². The SMILES string of the molecule is CC1(C)COP(=O)(F)OC1(C)C. The van der Waals surface area contributed by atoms with Gasteiger partial charge in [-0.05, 0) is 13.8 Å². The van der Waals surface area contributed by atoms with Gasteiger partial charge in [0.05, 0.1) is 12.2 Å². The summed E-state index contributed by atoms with van der Waals surface area (Å²) in [6.45, 7) is 7.30. The van der Waals surface area contributed by atoms with Gasteiger partial charge in [0.2, 0.25) is 0 Å². The largest absolute Gasteiger partial charge is 0.513 e. The summed E-state index contributed by atoms with van der Waals surface area (Å²) in [5.74, 6) is 0. The molecule has 1 unspecified atom stereocenters. The van der Waals surface area contributed by atoms with Gasteiger partial charge in [-0.15, -0.1) is 4.20 Å². The molecule has 0 spiro atoms.